The molecule has 2 atom stereocenters. The number of nitrogens with one attached hydrogen (secondary N) is 1. The van der Waals surface area contributed by atoms with Gasteiger partial charge in [0.2, 0.25) is 5.91 Å². The molecule has 1 aliphatic heterocycles. The normalized spacial score (nSPS) is 20.1. The molecule has 1 amide bonds. The standard InChI is InChI=1S/C14H19BrN2OS.ClH/c1-10-9-16-7-8-17(10)14(18)11(2)19-13-5-3-12(15)4-6-13;/h3-6,10-11,16H,7-9H2,1-2H3;1H/t10-,11?;/m0./s1. The highest BCUT2D eigenvalue weighted by atomic mass is 79.9. The Morgan fingerprint density at radius 3 is 2.70 bits per heavy atom. The molecule has 0 bridgehead atoms. The number of carbonyl (C=O) groups is 1. The van der Waals surface area contributed by atoms with Crippen molar-refractivity contribution in [1.82, 2.24) is 10.2 Å². The molecule has 1 fully saturated rings. The van der Waals surface area contributed by atoms with E-state index in [9.17, 15) is 4.79 Å². The number of benzene rings is 1. The summed E-state index contributed by atoms with van der Waals surface area (Å²) in [6.07, 6.45) is 0. The first-order chi connectivity index (χ1) is 9.08. The summed E-state index contributed by atoms with van der Waals surface area (Å²) in [5.74, 6) is 0.238. The van der Waals surface area contributed by atoms with Crippen molar-refractivity contribution >= 4 is 46.0 Å². The number of nitrogens with zero attached hydrogens (tertiary/aromatic N) is 1. The number of rotatable bonds is 3. The van der Waals surface area contributed by atoms with E-state index in [0.29, 0.717) is 0 Å². The topological polar surface area (TPSA) is 32.3 Å². The second-order valence-corrected chi connectivity index (χ2v) is 7.13. The van der Waals surface area contributed by atoms with Crippen molar-refractivity contribution in [2.45, 2.75) is 30.0 Å². The largest absolute Gasteiger partial charge is 0.336 e. The Bertz CT molecular complexity index is 443. The molecule has 0 radical (unpaired) electrons. The Hall–Kier alpha value is -0.230. The number of amides is 1. The summed E-state index contributed by atoms with van der Waals surface area (Å²) < 4.78 is 1.06. The summed E-state index contributed by atoms with van der Waals surface area (Å²) in [6.45, 7) is 6.68. The summed E-state index contributed by atoms with van der Waals surface area (Å²) in [7, 11) is 0. The van der Waals surface area contributed by atoms with Crippen molar-refractivity contribution in [3.8, 4) is 0 Å². The third-order valence-electron chi connectivity index (χ3n) is 3.26. The summed E-state index contributed by atoms with van der Waals surface area (Å²) >= 11 is 5.04. The van der Waals surface area contributed by atoms with Gasteiger partial charge in [-0.1, -0.05) is 15.9 Å². The molecule has 1 heterocycles. The van der Waals surface area contributed by atoms with Gasteiger partial charge in [-0.25, -0.2) is 0 Å². The van der Waals surface area contributed by atoms with Gasteiger partial charge in [0.05, 0.1) is 5.25 Å². The molecule has 3 nitrogen and oxygen atoms in total. The molecular formula is C14H20BrClN2OS. The van der Waals surface area contributed by atoms with Crippen LogP contribution in [0.3, 0.4) is 0 Å². The molecule has 1 N–H and O–H groups in total. The molecule has 1 saturated heterocycles. The number of carbonyl (C=O) groups excluding carboxylic acids is 1. The molecule has 1 aromatic carbocycles. The molecule has 20 heavy (non-hydrogen) atoms. The van der Waals surface area contributed by atoms with Crippen LogP contribution in [-0.4, -0.2) is 41.7 Å². The molecule has 0 spiro atoms. The van der Waals surface area contributed by atoms with E-state index in [-0.39, 0.29) is 29.6 Å². The highest BCUT2D eigenvalue weighted by molar-refractivity contribution is 9.10. The van der Waals surface area contributed by atoms with E-state index in [1.165, 1.54) is 0 Å². The smallest absolute Gasteiger partial charge is 0.236 e. The van der Waals surface area contributed by atoms with Gasteiger partial charge in [-0.3, -0.25) is 4.79 Å². The summed E-state index contributed by atoms with van der Waals surface area (Å²) in [5, 5.41) is 3.27. The molecule has 6 heteroatoms. The van der Waals surface area contributed by atoms with Crippen LogP contribution in [-0.2, 0) is 4.79 Å². The van der Waals surface area contributed by atoms with Crippen LogP contribution in [0, 0.1) is 0 Å². The van der Waals surface area contributed by atoms with Crippen LogP contribution in [0.5, 0.6) is 0 Å². The van der Waals surface area contributed by atoms with Gasteiger partial charge in [-0.05, 0) is 38.1 Å². The summed E-state index contributed by atoms with van der Waals surface area (Å²) in [5.41, 5.74) is 0. The molecule has 112 valence electrons. The minimum atomic E-state index is -0.0401. The Morgan fingerprint density at radius 2 is 2.10 bits per heavy atom. The maximum atomic E-state index is 12.4. The predicted octanol–water partition coefficient (Wildman–Crippen LogP) is 3.17. The zero-order valence-corrected chi connectivity index (χ0v) is 14.9. The van der Waals surface area contributed by atoms with Crippen LogP contribution in [0.25, 0.3) is 0 Å². The highest BCUT2D eigenvalue weighted by Crippen LogP contribution is 2.26. The average Bonchev–Trinajstić information content (AvgIpc) is 2.41. The van der Waals surface area contributed by atoms with Gasteiger partial charge in [0.15, 0.2) is 0 Å². The third-order valence-corrected chi connectivity index (χ3v) is 4.89. The average molecular weight is 380 g/mol. The van der Waals surface area contributed by atoms with Crippen LogP contribution < -0.4 is 5.32 Å². The first-order valence-corrected chi connectivity index (χ1v) is 8.18. The van der Waals surface area contributed by atoms with E-state index in [1.807, 2.05) is 36.1 Å². The van der Waals surface area contributed by atoms with Crippen LogP contribution in [0.2, 0.25) is 0 Å². The Morgan fingerprint density at radius 1 is 1.45 bits per heavy atom. The molecule has 0 aliphatic carbocycles. The zero-order chi connectivity index (χ0) is 13.8. The Labute approximate surface area is 139 Å². The molecular weight excluding hydrogens is 360 g/mol. The number of piperazine rings is 1. The zero-order valence-electron chi connectivity index (χ0n) is 11.6. The van der Waals surface area contributed by atoms with Gasteiger partial charge in [0.25, 0.3) is 0 Å². The lowest BCUT2D eigenvalue weighted by atomic mass is 10.2. The van der Waals surface area contributed by atoms with Crippen LogP contribution in [0.15, 0.2) is 33.6 Å². The van der Waals surface area contributed by atoms with Gasteiger partial charge >= 0.3 is 0 Å². The van der Waals surface area contributed by atoms with Crippen molar-refractivity contribution < 1.29 is 4.79 Å². The molecule has 1 aliphatic rings. The Balaban J connectivity index is 0.00000200. The third kappa shape index (κ3) is 4.65. The van der Waals surface area contributed by atoms with E-state index in [0.717, 1.165) is 29.0 Å². The highest BCUT2D eigenvalue weighted by Gasteiger charge is 2.27. The maximum absolute atomic E-state index is 12.4. The fraction of sp³-hybridized carbons (Fsp3) is 0.500. The molecule has 0 saturated carbocycles. The van der Waals surface area contributed by atoms with Crippen LogP contribution >= 0.6 is 40.1 Å². The number of thioether (sulfide) groups is 1. The van der Waals surface area contributed by atoms with Crippen molar-refractivity contribution in [3.05, 3.63) is 28.7 Å². The van der Waals surface area contributed by atoms with E-state index >= 15 is 0 Å². The van der Waals surface area contributed by atoms with E-state index in [4.69, 9.17) is 0 Å². The molecule has 1 unspecified atom stereocenters. The van der Waals surface area contributed by atoms with Crippen LogP contribution in [0.4, 0.5) is 0 Å². The van der Waals surface area contributed by atoms with Crippen molar-refractivity contribution in [2.24, 2.45) is 0 Å². The van der Waals surface area contributed by atoms with Gasteiger partial charge < -0.3 is 10.2 Å². The SMILES string of the molecule is CC(Sc1ccc(Br)cc1)C(=O)N1CCNC[C@@H]1C.Cl. The fourth-order valence-corrected chi connectivity index (χ4v) is 3.37. The minimum absolute atomic E-state index is 0. The second kappa shape index (κ2) is 8.27. The quantitative estimate of drug-likeness (QED) is 0.819. The maximum Gasteiger partial charge on any atom is 0.236 e. The first kappa shape index (κ1) is 17.8. The number of hydrogen-bond acceptors (Lipinski definition) is 3. The monoisotopic (exact) mass is 378 g/mol. The molecule has 2 rings (SSSR count). The van der Waals surface area contributed by atoms with Gasteiger partial charge in [-0.15, -0.1) is 24.2 Å². The lowest BCUT2D eigenvalue weighted by Gasteiger charge is -2.35. The number of hydrogen-bond donors (Lipinski definition) is 1. The summed E-state index contributed by atoms with van der Waals surface area (Å²) in [6, 6.07) is 8.38. The Kier molecular flexibility index (Phi) is 7.37. The van der Waals surface area contributed by atoms with Gasteiger partial charge in [0.1, 0.15) is 0 Å². The molecule has 0 aromatic heterocycles. The van der Waals surface area contributed by atoms with E-state index in [1.54, 1.807) is 11.8 Å². The minimum Gasteiger partial charge on any atom is -0.336 e. The predicted molar refractivity (Wildman–Crippen MR) is 90.8 cm³/mol. The molecule has 1 aromatic rings. The van der Waals surface area contributed by atoms with Crippen LogP contribution in [0.1, 0.15) is 13.8 Å². The van der Waals surface area contributed by atoms with Gasteiger partial charge in [0, 0.05) is 35.0 Å². The summed E-state index contributed by atoms with van der Waals surface area (Å²) in [4.78, 5) is 15.6. The second-order valence-electron chi connectivity index (χ2n) is 4.80. The van der Waals surface area contributed by atoms with Crippen molar-refractivity contribution in [3.63, 3.8) is 0 Å². The lowest BCUT2D eigenvalue weighted by molar-refractivity contribution is -0.133. The first-order valence-electron chi connectivity index (χ1n) is 6.51. The van der Waals surface area contributed by atoms with Crippen molar-refractivity contribution in [2.75, 3.05) is 19.6 Å². The number of halogens is 2. The van der Waals surface area contributed by atoms with E-state index < -0.39 is 0 Å². The van der Waals surface area contributed by atoms with E-state index in [2.05, 4.69) is 28.2 Å². The lowest BCUT2D eigenvalue weighted by Crippen LogP contribution is -2.54. The van der Waals surface area contributed by atoms with Gasteiger partial charge in [-0.2, -0.15) is 0 Å². The fourth-order valence-electron chi connectivity index (χ4n) is 2.17. The van der Waals surface area contributed by atoms with Crippen molar-refractivity contribution in [1.29, 1.82) is 0 Å².